The van der Waals surface area contributed by atoms with E-state index in [4.69, 9.17) is 9.47 Å². The molecule has 0 radical (unpaired) electrons. The Morgan fingerprint density at radius 3 is 2.56 bits per heavy atom. The Bertz CT molecular complexity index is 335. The van der Waals surface area contributed by atoms with Gasteiger partial charge >= 0.3 is 0 Å². The molecule has 0 fully saturated rings. The molecule has 0 bridgehead atoms. The number of carbonyl (C=O) groups is 1. The van der Waals surface area contributed by atoms with E-state index in [1.54, 1.807) is 24.3 Å². The summed E-state index contributed by atoms with van der Waals surface area (Å²) in [4.78, 5) is 11.0. The molecule has 1 aromatic carbocycles. The maximum Gasteiger partial charge on any atom is 0.150 e. The van der Waals surface area contributed by atoms with Gasteiger partial charge in [-0.1, -0.05) is 22.9 Å². The van der Waals surface area contributed by atoms with E-state index in [2.05, 4.69) is 22.9 Å². The van der Waals surface area contributed by atoms with Crippen LogP contribution in [0.25, 0.3) is 0 Å². The van der Waals surface area contributed by atoms with E-state index >= 15 is 0 Å². The van der Waals surface area contributed by atoms with Gasteiger partial charge in [-0.3, -0.25) is 4.79 Å². The van der Waals surface area contributed by atoms with Gasteiger partial charge in [0.15, 0.2) is 0 Å². The summed E-state index contributed by atoms with van der Waals surface area (Å²) >= 11 is 3.49. The largest absolute Gasteiger partial charge is 0.491 e. The van der Waals surface area contributed by atoms with E-state index in [1.807, 2.05) is 0 Å². The smallest absolute Gasteiger partial charge is 0.150 e. The van der Waals surface area contributed by atoms with Crippen molar-refractivity contribution in [3.63, 3.8) is 0 Å². The molecule has 0 aliphatic heterocycles. The summed E-state index contributed by atoms with van der Waals surface area (Å²) in [7, 11) is 0. The lowest BCUT2D eigenvalue weighted by Gasteiger charge is -2.07. The highest BCUT2D eigenvalue weighted by molar-refractivity contribution is 9.09. The van der Waals surface area contributed by atoms with E-state index in [0.29, 0.717) is 23.6 Å². The van der Waals surface area contributed by atoms with Crippen LogP contribution in [-0.2, 0) is 4.74 Å². The average Bonchev–Trinajstić information content (AvgIpc) is 2.38. The van der Waals surface area contributed by atoms with Crippen LogP contribution in [0.1, 0.15) is 30.1 Å². The third kappa shape index (κ3) is 6.77. The fraction of sp³-hybridized carbons (Fsp3) is 0.500. The molecule has 0 spiro atoms. The molecule has 0 heterocycles. The number of aldehydes is 1. The maximum atomic E-state index is 10.5. The van der Waals surface area contributed by atoms with Crippen molar-refractivity contribution in [3.8, 4) is 5.75 Å². The first-order chi connectivity index (χ1) is 8.72. The highest BCUT2D eigenvalue weighted by Crippen LogP contribution is 2.10. The highest BCUT2D eigenvalue weighted by Gasteiger charge is 1.97. The molecule has 100 valence electrons. The minimum Gasteiger partial charge on any atom is -0.491 e. The number of hydrogen-bond donors (Lipinski definition) is 0. The zero-order valence-corrected chi connectivity index (χ0v) is 12.2. The van der Waals surface area contributed by atoms with Gasteiger partial charge in [0, 0.05) is 17.0 Å². The maximum absolute atomic E-state index is 10.5. The lowest BCUT2D eigenvalue weighted by Crippen LogP contribution is -2.08. The van der Waals surface area contributed by atoms with Gasteiger partial charge in [0.1, 0.15) is 18.6 Å². The molecule has 0 N–H and O–H groups in total. The monoisotopic (exact) mass is 314 g/mol. The zero-order valence-electron chi connectivity index (χ0n) is 10.6. The molecule has 0 saturated heterocycles. The summed E-state index contributed by atoms with van der Waals surface area (Å²) in [5, 5.41) is 0. The van der Waals surface area contributed by atoms with Gasteiger partial charge in [0.2, 0.25) is 0 Å². The minimum absolute atomic E-state index is 0.532. The first-order valence-electron chi connectivity index (χ1n) is 6.12. The van der Waals surface area contributed by atoms with Crippen LogP contribution in [-0.4, -0.2) is 30.9 Å². The van der Waals surface area contributed by atoms with Crippen molar-refractivity contribution in [2.75, 3.05) is 19.8 Å². The molecule has 0 saturated carbocycles. The molecule has 0 amide bonds. The number of halogens is 1. The lowest BCUT2D eigenvalue weighted by molar-refractivity contribution is 0.0975. The molecule has 3 nitrogen and oxygen atoms in total. The number of hydrogen-bond acceptors (Lipinski definition) is 3. The molecule has 0 aliphatic rings. The van der Waals surface area contributed by atoms with Gasteiger partial charge in [0.25, 0.3) is 0 Å². The molecule has 1 aromatic rings. The molecule has 4 heteroatoms. The summed E-state index contributed by atoms with van der Waals surface area (Å²) in [6.07, 6.45) is 2.99. The van der Waals surface area contributed by atoms with Crippen LogP contribution in [0, 0.1) is 0 Å². The Labute approximate surface area is 117 Å². The average molecular weight is 315 g/mol. The Kier molecular flexibility index (Phi) is 7.69. The van der Waals surface area contributed by atoms with E-state index < -0.39 is 0 Å². The van der Waals surface area contributed by atoms with E-state index in [9.17, 15) is 4.79 Å². The number of alkyl halides is 1. The summed E-state index contributed by atoms with van der Waals surface area (Å²) in [5.41, 5.74) is 0.655. The first-order valence-corrected chi connectivity index (χ1v) is 7.04. The van der Waals surface area contributed by atoms with Gasteiger partial charge in [-0.25, -0.2) is 0 Å². The number of ether oxygens (including phenoxy) is 2. The quantitative estimate of drug-likeness (QED) is 0.398. The second-order valence-corrected chi connectivity index (χ2v) is 5.63. The molecule has 1 unspecified atom stereocenters. The van der Waals surface area contributed by atoms with Crippen molar-refractivity contribution >= 4 is 22.2 Å². The van der Waals surface area contributed by atoms with Gasteiger partial charge < -0.3 is 9.47 Å². The van der Waals surface area contributed by atoms with Crippen LogP contribution < -0.4 is 4.74 Å². The molecule has 0 aliphatic carbocycles. The SMILES string of the molecule is CC(Br)CCCOCCOc1ccc(C=O)cc1. The highest BCUT2D eigenvalue weighted by atomic mass is 79.9. The molecule has 18 heavy (non-hydrogen) atoms. The van der Waals surface area contributed by atoms with Crippen molar-refractivity contribution < 1.29 is 14.3 Å². The normalized spacial score (nSPS) is 12.1. The van der Waals surface area contributed by atoms with Crippen molar-refractivity contribution in [1.29, 1.82) is 0 Å². The molecule has 1 rings (SSSR count). The number of rotatable bonds is 9. The van der Waals surface area contributed by atoms with Gasteiger partial charge in [-0.15, -0.1) is 0 Å². The molecular weight excluding hydrogens is 296 g/mol. The Hall–Kier alpha value is -0.870. The molecule has 0 aromatic heterocycles. The topological polar surface area (TPSA) is 35.5 Å². The van der Waals surface area contributed by atoms with Crippen LogP contribution in [0.4, 0.5) is 0 Å². The third-order valence-electron chi connectivity index (χ3n) is 2.40. The predicted octanol–water partition coefficient (Wildman–Crippen LogP) is 3.46. The Morgan fingerprint density at radius 1 is 1.22 bits per heavy atom. The van der Waals surface area contributed by atoms with Crippen LogP contribution in [0.2, 0.25) is 0 Å². The van der Waals surface area contributed by atoms with Gasteiger partial charge in [0.05, 0.1) is 6.61 Å². The lowest BCUT2D eigenvalue weighted by atomic mass is 10.2. The summed E-state index contributed by atoms with van der Waals surface area (Å²) in [6, 6.07) is 7.05. The van der Waals surface area contributed by atoms with E-state index in [-0.39, 0.29) is 0 Å². The van der Waals surface area contributed by atoms with Gasteiger partial charge in [-0.2, -0.15) is 0 Å². The summed E-state index contributed by atoms with van der Waals surface area (Å²) < 4.78 is 10.9. The van der Waals surface area contributed by atoms with Crippen molar-refractivity contribution in [1.82, 2.24) is 0 Å². The van der Waals surface area contributed by atoms with Gasteiger partial charge in [-0.05, 0) is 37.1 Å². The Balaban J connectivity index is 2.05. The fourth-order valence-electron chi connectivity index (χ4n) is 1.43. The second-order valence-electron chi connectivity index (χ2n) is 4.07. The number of benzene rings is 1. The zero-order chi connectivity index (χ0) is 13.2. The third-order valence-corrected chi connectivity index (χ3v) is 2.86. The molecule has 1 atom stereocenters. The molecular formula is C14H19BrO3. The first kappa shape index (κ1) is 15.2. The van der Waals surface area contributed by atoms with Crippen molar-refractivity contribution in [2.45, 2.75) is 24.6 Å². The predicted molar refractivity (Wildman–Crippen MR) is 75.8 cm³/mol. The van der Waals surface area contributed by atoms with Crippen LogP contribution in [0.3, 0.4) is 0 Å². The second kappa shape index (κ2) is 9.11. The summed E-state index contributed by atoms with van der Waals surface area (Å²) in [6.45, 7) is 4.02. The van der Waals surface area contributed by atoms with Crippen LogP contribution in [0.5, 0.6) is 5.75 Å². The van der Waals surface area contributed by atoms with E-state index in [0.717, 1.165) is 31.5 Å². The Morgan fingerprint density at radius 2 is 1.94 bits per heavy atom. The van der Waals surface area contributed by atoms with Crippen molar-refractivity contribution in [3.05, 3.63) is 29.8 Å². The minimum atomic E-state index is 0.532. The fourth-order valence-corrected chi connectivity index (χ4v) is 1.75. The number of carbonyl (C=O) groups excluding carboxylic acids is 1. The van der Waals surface area contributed by atoms with E-state index in [1.165, 1.54) is 0 Å². The summed E-state index contributed by atoms with van der Waals surface area (Å²) in [5.74, 6) is 0.762. The standard InChI is InChI=1S/C14H19BrO3/c1-12(15)3-2-8-17-9-10-18-14-6-4-13(11-16)5-7-14/h4-7,11-12H,2-3,8-10H2,1H3. The van der Waals surface area contributed by atoms with Crippen LogP contribution in [0.15, 0.2) is 24.3 Å². The van der Waals surface area contributed by atoms with Crippen molar-refractivity contribution in [2.24, 2.45) is 0 Å². The van der Waals surface area contributed by atoms with Crippen LogP contribution >= 0.6 is 15.9 Å².